The second-order valence-electron chi connectivity index (χ2n) is 10.6. The molecule has 0 N–H and O–H groups in total. The predicted molar refractivity (Wildman–Crippen MR) is 276 cm³/mol. The van der Waals surface area contributed by atoms with E-state index < -0.39 is 0 Å². The van der Waals surface area contributed by atoms with Crippen LogP contribution in [0.1, 0.15) is 130 Å². The Morgan fingerprint density at radius 1 is 0.311 bits per heavy atom. The van der Waals surface area contributed by atoms with Crippen molar-refractivity contribution in [1.82, 2.24) is 0 Å². The highest BCUT2D eigenvalue weighted by Gasteiger charge is 2.06. The summed E-state index contributed by atoms with van der Waals surface area (Å²) in [5, 5.41) is 0. The van der Waals surface area contributed by atoms with Crippen molar-refractivity contribution in [1.29, 1.82) is 0 Å². The summed E-state index contributed by atoms with van der Waals surface area (Å²) in [5.74, 6) is 1.81. The van der Waals surface area contributed by atoms with Gasteiger partial charge in [-0.05, 0) is 48.7 Å². The van der Waals surface area contributed by atoms with E-state index in [1.54, 1.807) is 0 Å². The van der Waals surface area contributed by atoms with Crippen molar-refractivity contribution in [3.8, 4) is 11.5 Å². The lowest BCUT2D eigenvalue weighted by Crippen LogP contribution is -1.99. The van der Waals surface area contributed by atoms with E-state index in [9.17, 15) is 4.79 Å². The number of benzene rings is 7. The Morgan fingerprint density at radius 2 is 0.525 bits per heavy atom. The van der Waals surface area contributed by atoms with E-state index in [4.69, 9.17) is 4.74 Å². The first-order valence-corrected chi connectivity index (χ1v) is 22.7. The molecule has 7 aromatic carbocycles. The highest BCUT2D eigenvalue weighted by molar-refractivity contribution is 6.08. The van der Waals surface area contributed by atoms with Crippen molar-refractivity contribution in [2.24, 2.45) is 0 Å². The molecular weight excluding hydrogens is 741 g/mol. The summed E-state index contributed by atoms with van der Waals surface area (Å²) in [6.07, 6.45) is 1.03. The van der Waals surface area contributed by atoms with Gasteiger partial charge in [-0.3, -0.25) is 4.79 Å². The van der Waals surface area contributed by atoms with Crippen molar-refractivity contribution < 1.29 is 9.53 Å². The topological polar surface area (TPSA) is 26.3 Å². The fourth-order valence-electron chi connectivity index (χ4n) is 4.42. The highest BCUT2D eigenvalue weighted by atomic mass is 16.5. The Morgan fingerprint density at radius 3 is 0.754 bits per heavy atom. The fraction of sp³-hybridized carbons (Fsp3) is 0.271. The highest BCUT2D eigenvalue weighted by Crippen LogP contribution is 2.19. The van der Waals surface area contributed by atoms with Gasteiger partial charge in [0, 0.05) is 11.1 Å². The van der Waals surface area contributed by atoms with Crippen LogP contribution in [0.4, 0.5) is 0 Å². The molecule has 0 aliphatic carbocycles. The van der Waals surface area contributed by atoms with Crippen molar-refractivity contribution in [3.63, 3.8) is 0 Å². The quantitative estimate of drug-likeness (QED) is 0.156. The number of para-hydroxylation sites is 2. The van der Waals surface area contributed by atoms with E-state index >= 15 is 0 Å². The molecule has 7 rings (SSSR count). The van der Waals surface area contributed by atoms with Crippen LogP contribution in [0, 0.1) is 6.92 Å². The lowest BCUT2D eigenvalue weighted by molar-refractivity contribution is 0.103. The minimum absolute atomic E-state index is 0.0752. The summed E-state index contributed by atoms with van der Waals surface area (Å²) in [7, 11) is 0. The summed E-state index contributed by atoms with van der Waals surface area (Å²) in [6.45, 7) is 30.1. The van der Waals surface area contributed by atoms with Gasteiger partial charge in [0.15, 0.2) is 5.78 Å². The Labute approximate surface area is 375 Å². The molecule has 0 saturated carbocycles. The first-order valence-electron chi connectivity index (χ1n) is 22.7. The van der Waals surface area contributed by atoms with Crippen LogP contribution in [0.2, 0.25) is 0 Å². The summed E-state index contributed by atoms with van der Waals surface area (Å²) < 4.78 is 5.58. The molecule has 0 aromatic heterocycles. The number of carbonyl (C=O) groups is 1. The monoisotopic (exact) mass is 823 g/mol. The molecule has 0 amide bonds. The summed E-state index contributed by atoms with van der Waals surface area (Å²) >= 11 is 0. The molecule has 0 saturated heterocycles. The zero-order valence-corrected chi connectivity index (χ0v) is 40.7. The molecule has 0 bridgehead atoms. The van der Waals surface area contributed by atoms with Gasteiger partial charge in [-0.15, -0.1) is 0 Å². The average Bonchev–Trinajstić information content (AvgIpc) is 3.38. The number of hydrogen-bond donors (Lipinski definition) is 0. The third-order valence-corrected chi connectivity index (χ3v) is 6.83. The van der Waals surface area contributed by atoms with Gasteiger partial charge >= 0.3 is 0 Å². The summed E-state index contributed by atoms with van der Waals surface area (Å²) in [6, 6.07) is 69.5. The van der Waals surface area contributed by atoms with Gasteiger partial charge in [0.2, 0.25) is 0 Å². The Bertz CT molecular complexity index is 1600. The minimum atomic E-state index is 0.0752. The van der Waals surface area contributed by atoms with Gasteiger partial charge in [-0.2, -0.15) is 0 Å². The van der Waals surface area contributed by atoms with E-state index in [-0.39, 0.29) is 5.78 Å². The number of ether oxygens (including phenoxy) is 1. The molecule has 2 nitrogen and oxygen atoms in total. The van der Waals surface area contributed by atoms with Crippen LogP contribution >= 0.6 is 0 Å². The minimum Gasteiger partial charge on any atom is -0.457 e. The first kappa shape index (κ1) is 61.7. The standard InChI is InChI=1S/C13H10O.C13H12.C12H10O.C7H8.7C2H6/c14-13(11-7-3-1-4-8-11)12-9-5-2-6-10-12;1-3-7-12(8-4-1)11-13-9-5-2-6-10-13;1-3-7-11(8-4-1)13-12-9-5-2-6-10-12;1-7-5-3-2-4-6-7;7*1-2/h1-10H;1-10H,11H2;1-10H;2-6H,1H3;7*1-2H3. The number of rotatable bonds is 6. The molecular formula is C59H82O2. The molecule has 0 fully saturated rings. The van der Waals surface area contributed by atoms with Crippen LogP contribution in [-0.4, -0.2) is 5.78 Å². The molecule has 7 aromatic rings. The fourth-order valence-corrected chi connectivity index (χ4v) is 4.42. The predicted octanol–water partition coefficient (Wildman–Crippen LogP) is 18.9. The van der Waals surface area contributed by atoms with E-state index in [0.717, 1.165) is 29.0 Å². The van der Waals surface area contributed by atoms with Gasteiger partial charge < -0.3 is 4.74 Å². The van der Waals surface area contributed by atoms with Crippen LogP contribution in [0.5, 0.6) is 11.5 Å². The maximum atomic E-state index is 11.8. The Kier molecular flexibility index (Phi) is 50.7. The Balaban J connectivity index is -0.000000328. The third kappa shape index (κ3) is 33.5. The zero-order valence-electron chi connectivity index (χ0n) is 40.7. The SMILES string of the molecule is CC.CC.CC.CC.CC.CC.CC.Cc1ccccc1.O=C(c1ccccc1)c1ccccc1.c1ccc(Cc2ccccc2)cc1.c1ccc(Oc2ccccc2)cc1. The number of aryl methyl sites for hydroxylation is 1. The number of hydrogen-bond acceptors (Lipinski definition) is 2. The smallest absolute Gasteiger partial charge is 0.193 e. The molecule has 330 valence electrons. The summed E-state index contributed by atoms with van der Waals surface area (Å²) in [5.41, 5.74) is 5.53. The second-order valence-corrected chi connectivity index (χ2v) is 10.6. The van der Waals surface area contributed by atoms with E-state index in [1.165, 1.54) is 16.7 Å². The van der Waals surface area contributed by atoms with Gasteiger partial charge in [0.05, 0.1) is 0 Å². The van der Waals surface area contributed by atoms with Crippen LogP contribution in [0.25, 0.3) is 0 Å². The van der Waals surface area contributed by atoms with Crippen molar-refractivity contribution >= 4 is 5.78 Å². The van der Waals surface area contributed by atoms with E-state index in [2.05, 4.69) is 79.7 Å². The maximum absolute atomic E-state index is 11.8. The van der Waals surface area contributed by atoms with Gasteiger partial charge in [0.1, 0.15) is 11.5 Å². The van der Waals surface area contributed by atoms with E-state index in [1.807, 2.05) is 236 Å². The Hall–Kier alpha value is -5.99. The van der Waals surface area contributed by atoms with Gasteiger partial charge in [0.25, 0.3) is 0 Å². The van der Waals surface area contributed by atoms with E-state index in [0.29, 0.717) is 0 Å². The summed E-state index contributed by atoms with van der Waals surface area (Å²) in [4.78, 5) is 11.8. The lowest BCUT2D eigenvalue weighted by Gasteiger charge is -2.03. The maximum Gasteiger partial charge on any atom is 0.193 e. The molecule has 0 spiro atoms. The molecule has 0 aliphatic heterocycles. The molecule has 0 radical (unpaired) electrons. The largest absolute Gasteiger partial charge is 0.457 e. The van der Waals surface area contributed by atoms with Crippen molar-refractivity contribution in [2.75, 3.05) is 0 Å². The number of carbonyl (C=O) groups excluding carboxylic acids is 1. The van der Waals surface area contributed by atoms with Crippen LogP contribution in [0.15, 0.2) is 212 Å². The molecule has 2 heteroatoms. The van der Waals surface area contributed by atoms with Gasteiger partial charge in [-0.25, -0.2) is 0 Å². The molecule has 0 unspecified atom stereocenters. The van der Waals surface area contributed by atoms with Crippen LogP contribution in [-0.2, 0) is 6.42 Å². The van der Waals surface area contributed by atoms with Crippen molar-refractivity contribution in [3.05, 3.63) is 240 Å². The second kappa shape index (κ2) is 50.2. The first-order chi connectivity index (χ1) is 30.2. The molecule has 0 atom stereocenters. The zero-order chi connectivity index (χ0) is 46.8. The normalized spacial score (nSPS) is 8.05. The van der Waals surface area contributed by atoms with Crippen LogP contribution in [0.3, 0.4) is 0 Å². The molecule has 0 aliphatic rings. The van der Waals surface area contributed by atoms with Crippen LogP contribution < -0.4 is 4.74 Å². The third-order valence-electron chi connectivity index (χ3n) is 6.83. The average molecular weight is 823 g/mol. The molecule has 61 heavy (non-hydrogen) atoms. The number of ketones is 1. The van der Waals surface area contributed by atoms with Crippen molar-refractivity contribution in [2.45, 2.75) is 110 Å². The molecule has 0 heterocycles. The van der Waals surface area contributed by atoms with Gasteiger partial charge in [-0.1, -0.05) is 291 Å². The lowest BCUT2D eigenvalue weighted by atomic mass is 10.0.